The lowest BCUT2D eigenvalue weighted by molar-refractivity contribution is -0.114. The van der Waals surface area contributed by atoms with Crippen molar-refractivity contribution in [1.29, 1.82) is 0 Å². The third-order valence-corrected chi connectivity index (χ3v) is 32.1. The van der Waals surface area contributed by atoms with E-state index in [-0.39, 0.29) is 11.8 Å². The number of hydrogen-bond donors (Lipinski definition) is 0. The standard InChI is InChI=1S/C108H138N2O2S4/c1-9-17-23-27-31-33-37-41-51-77(49-39-35-29-25-19-11-3)73-109-93-69-83(95-71-97-105(113-95)99-87(61-75(15-7)47-21-13-5)65-85-63-79-53-43-45-55-81(79)67-91(85)103(99)115-97)57-59-89(93)101(107(109)111)102-90-60-58-84(70-94(90)110(108(102)112)74-78(50-40-36-30-26-20-12-4)52-42-38-34-32-28-24-18-10-2)96-72-98-106(114-96)100-88(62-76(16-8)48-22-14-6)66-86-64-80-54-44-46-56-82(80)68-92(86)104(100)116-98/h43-46,53-60,63-72,75-78H,9-42,47-52,61-62,73-74H2,1-8H3/b102-101-. The molecular weight excluding hydrogens is 1490 g/mol. The van der Waals surface area contributed by atoms with Crippen molar-refractivity contribution in [3.63, 3.8) is 0 Å². The number of rotatable bonds is 50. The first kappa shape index (κ1) is 85.7. The van der Waals surface area contributed by atoms with Gasteiger partial charge in [-0.05, 0) is 165 Å². The maximum absolute atomic E-state index is 16.8. The molecule has 12 aromatic rings. The molecule has 4 unspecified atom stereocenters. The van der Waals surface area contributed by atoms with Gasteiger partial charge in [0.05, 0.1) is 31.9 Å². The highest BCUT2D eigenvalue weighted by atomic mass is 32.1. The molecule has 2 aliphatic heterocycles. The highest BCUT2D eigenvalue weighted by Gasteiger charge is 2.44. The van der Waals surface area contributed by atoms with Crippen molar-refractivity contribution in [1.82, 2.24) is 0 Å². The number of fused-ring (bicyclic) bond motifs is 14. The number of benzene rings is 8. The van der Waals surface area contributed by atoms with Crippen molar-refractivity contribution in [3.05, 3.63) is 156 Å². The molecule has 0 saturated heterocycles. The van der Waals surface area contributed by atoms with Crippen LogP contribution in [-0.2, 0) is 22.4 Å². The summed E-state index contributed by atoms with van der Waals surface area (Å²) in [6, 6.07) is 51.7. The second kappa shape index (κ2) is 42.5. The zero-order valence-electron chi connectivity index (χ0n) is 72.5. The van der Waals surface area contributed by atoms with Crippen LogP contribution in [0.1, 0.15) is 334 Å². The lowest BCUT2D eigenvalue weighted by atomic mass is 9.89. The summed E-state index contributed by atoms with van der Waals surface area (Å²) in [4.78, 5) is 40.6. The number of hydrogen-bond acceptors (Lipinski definition) is 6. The Kier molecular flexibility index (Phi) is 31.4. The highest BCUT2D eigenvalue weighted by Crippen LogP contribution is 2.54. The number of unbranched alkanes of at least 4 members (excludes halogenated alkanes) is 26. The number of thiophene rings is 4. The SMILES string of the molecule is CCCCCCCCCCC(CCCCCCCC)CN1C(=O)/C(=C2\C(=O)N(CC(CCCCCCCC)CCCCCCCCCC)c3cc(-c4cc5sc6c7cc8ccccc8cc7cc(CC(CC)CCCC)c6c5s4)ccc32)c2ccc(-c3cc4sc5c6cc7ccccc7cc6cc(CC(CC)CCCC)c5c4s3)cc21. The number of carbonyl (C=O) groups excluding carboxylic acids is 2. The van der Waals surface area contributed by atoms with Crippen molar-refractivity contribution < 1.29 is 9.59 Å². The molecule has 0 spiro atoms. The summed E-state index contributed by atoms with van der Waals surface area (Å²) in [6.45, 7) is 20.1. The van der Waals surface area contributed by atoms with Crippen LogP contribution in [0.15, 0.2) is 133 Å². The van der Waals surface area contributed by atoms with Gasteiger partial charge in [0.25, 0.3) is 11.8 Å². The molecule has 2 aliphatic rings. The predicted octanol–water partition coefficient (Wildman–Crippen LogP) is 35.4. The molecule has 0 radical (unpaired) electrons. The summed E-state index contributed by atoms with van der Waals surface area (Å²) < 4.78 is 8.32. The normalized spacial score (nSPS) is 15.0. The quantitative estimate of drug-likeness (QED) is 0.0217. The number of amides is 2. The molecule has 2 amide bonds. The number of carbonyl (C=O) groups is 2. The molecule has 0 N–H and O–H groups in total. The fraction of sp³-hybridized carbons (Fsp3) is 0.519. The zero-order chi connectivity index (χ0) is 80.3. The number of nitrogens with zero attached hydrogens (tertiary/aromatic N) is 2. The highest BCUT2D eigenvalue weighted by molar-refractivity contribution is 7.35. The maximum atomic E-state index is 16.8. The van der Waals surface area contributed by atoms with Crippen LogP contribution in [0.2, 0.25) is 0 Å². The van der Waals surface area contributed by atoms with Crippen molar-refractivity contribution in [3.8, 4) is 20.9 Å². The largest absolute Gasteiger partial charge is 0.307 e. The van der Waals surface area contributed by atoms with Gasteiger partial charge in [0.2, 0.25) is 0 Å². The molecule has 14 rings (SSSR count). The number of anilines is 2. The average molecular weight is 1620 g/mol. The van der Waals surface area contributed by atoms with Crippen LogP contribution in [0.5, 0.6) is 0 Å². The fourth-order valence-electron chi connectivity index (χ4n) is 20.1. The van der Waals surface area contributed by atoms with E-state index in [9.17, 15) is 0 Å². The molecule has 4 atom stereocenters. The van der Waals surface area contributed by atoms with Gasteiger partial charge in [-0.3, -0.25) is 9.59 Å². The Morgan fingerprint density at radius 3 is 0.948 bits per heavy atom. The molecule has 0 saturated carbocycles. The minimum absolute atomic E-state index is 0.0151. The lowest BCUT2D eigenvalue weighted by Gasteiger charge is -2.25. The minimum atomic E-state index is 0.0151. The van der Waals surface area contributed by atoms with Gasteiger partial charge >= 0.3 is 0 Å². The molecular formula is C108H138N2O2S4. The van der Waals surface area contributed by atoms with Crippen LogP contribution in [0.25, 0.3) is 114 Å². The molecule has 8 heteroatoms. The van der Waals surface area contributed by atoms with Crippen molar-refractivity contribution >= 4 is 162 Å². The lowest BCUT2D eigenvalue weighted by Crippen LogP contribution is -2.34. The van der Waals surface area contributed by atoms with Crippen molar-refractivity contribution in [2.75, 3.05) is 22.9 Å². The predicted molar refractivity (Wildman–Crippen MR) is 518 cm³/mol. The van der Waals surface area contributed by atoms with E-state index in [1.54, 1.807) is 0 Å². The van der Waals surface area contributed by atoms with E-state index < -0.39 is 0 Å². The van der Waals surface area contributed by atoms with E-state index in [1.165, 1.54) is 334 Å². The Bertz CT molecular complexity index is 4960. The summed E-state index contributed by atoms with van der Waals surface area (Å²) in [5.74, 6) is 1.99. The van der Waals surface area contributed by atoms with Gasteiger partial charge in [-0.1, -0.05) is 371 Å². The Hall–Kier alpha value is -6.68. The monoisotopic (exact) mass is 1620 g/mol. The summed E-state index contributed by atoms with van der Waals surface area (Å²) >= 11 is 7.88. The molecule has 116 heavy (non-hydrogen) atoms. The van der Waals surface area contributed by atoms with Gasteiger partial charge in [0.1, 0.15) is 0 Å². The zero-order valence-corrected chi connectivity index (χ0v) is 75.7. The van der Waals surface area contributed by atoms with Crippen LogP contribution in [0.4, 0.5) is 11.4 Å². The van der Waals surface area contributed by atoms with Crippen LogP contribution in [0, 0.1) is 23.7 Å². The molecule has 8 aromatic carbocycles. The van der Waals surface area contributed by atoms with Crippen LogP contribution >= 0.6 is 45.3 Å². The van der Waals surface area contributed by atoms with Crippen LogP contribution < -0.4 is 9.80 Å². The van der Waals surface area contributed by atoms with Crippen molar-refractivity contribution in [2.24, 2.45) is 23.7 Å². The Balaban J connectivity index is 0.898. The van der Waals surface area contributed by atoms with Crippen LogP contribution in [0.3, 0.4) is 0 Å². The smallest absolute Gasteiger partial charge is 0.259 e. The minimum Gasteiger partial charge on any atom is -0.307 e. The fourth-order valence-corrected chi connectivity index (χ4v) is 25.5. The van der Waals surface area contributed by atoms with Gasteiger partial charge in [-0.25, -0.2) is 0 Å². The van der Waals surface area contributed by atoms with Gasteiger partial charge in [-0.15, -0.1) is 45.3 Å². The second-order valence-corrected chi connectivity index (χ2v) is 40.0. The topological polar surface area (TPSA) is 40.6 Å². The molecule has 616 valence electrons. The molecule has 0 fully saturated rings. The summed E-state index contributed by atoms with van der Waals surface area (Å²) in [5.41, 5.74) is 10.4. The van der Waals surface area contributed by atoms with Crippen LogP contribution in [-0.4, -0.2) is 24.9 Å². The molecule has 4 aromatic heterocycles. The first-order valence-electron chi connectivity index (χ1n) is 47.3. The third-order valence-electron chi connectivity index (χ3n) is 27.1. The van der Waals surface area contributed by atoms with Gasteiger partial charge in [0.15, 0.2) is 0 Å². The summed E-state index contributed by atoms with van der Waals surface area (Å²) in [7, 11) is 0. The van der Waals surface area contributed by atoms with E-state index in [2.05, 4.69) is 199 Å². The second-order valence-electron chi connectivity index (χ2n) is 35.8. The van der Waals surface area contributed by atoms with E-state index >= 15 is 9.59 Å². The van der Waals surface area contributed by atoms with Crippen molar-refractivity contribution in [2.45, 2.75) is 325 Å². The Morgan fingerprint density at radius 1 is 0.293 bits per heavy atom. The van der Waals surface area contributed by atoms with Gasteiger partial charge in [-0.2, -0.15) is 0 Å². The summed E-state index contributed by atoms with van der Waals surface area (Å²) in [6.07, 6.45) is 52.2. The first-order chi connectivity index (χ1) is 57.0. The van der Waals surface area contributed by atoms with Gasteiger partial charge < -0.3 is 9.80 Å². The Labute approximate surface area is 714 Å². The molecule has 0 bridgehead atoms. The molecule has 4 nitrogen and oxygen atoms in total. The van der Waals surface area contributed by atoms with E-state index in [4.69, 9.17) is 0 Å². The molecule has 0 aliphatic carbocycles. The maximum Gasteiger partial charge on any atom is 0.259 e. The van der Waals surface area contributed by atoms with Gasteiger partial charge in [0, 0.05) is 74.3 Å². The van der Waals surface area contributed by atoms with E-state index in [0.717, 1.165) is 72.2 Å². The average Bonchev–Trinajstić information content (AvgIpc) is 1.55. The first-order valence-corrected chi connectivity index (χ1v) is 50.6. The summed E-state index contributed by atoms with van der Waals surface area (Å²) in [5, 5.41) is 13.5. The van der Waals surface area contributed by atoms with E-state index in [1.807, 2.05) is 45.3 Å². The molecule has 6 heterocycles. The third kappa shape index (κ3) is 20.2. The van der Waals surface area contributed by atoms with E-state index in [0.29, 0.717) is 47.9 Å². The Morgan fingerprint density at radius 2 is 0.612 bits per heavy atom.